The largest absolute Gasteiger partial charge is 0.454 e. The molecule has 1 aromatic carbocycles. The minimum atomic E-state index is -0.0929. The molecule has 0 unspecified atom stereocenters. The van der Waals surface area contributed by atoms with E-state index < -0.39 is 0 Å². The highest BCUT2D eigenvalue weighted by Crippen LogP contribution is 2.45. The van der Waals surface area contributed by atoms with Crippen molar-refractivity contribution in [1.82, 2.24) is 5.32 Å². The second-order valence-corrected chi connectivity index (χ2v) is 5.15. The Hall–Kier alpha value is -1.42. The average molecular weight is 268 g/mol. The van der Waals surface area contributed by atoms with Gasteiger partial charge in [-0.2, -0.15) is 0 Å². The zero-order valence-electron chi connectivity index (χ0n) is 9.87. The number of rotatable bonds is 4. The first-order valence-corrected chi connectivity index (χ1v) is 6.50. The summed E-state index contributed by atoms with van der Waals surface area (Å²) in [5.41, 5.74) is 0.720. The topological polar surface area (TPSA) is 47.6 Å². The van der Waals surface area contributed by atoms with Gasteiger partial charge in [0, 0.05) is 23.4 Å². The van der Waals surface area contributed by atoms with E-state index in [1.807, 2.05) is 0 Å². The molecule has 1 aromatic rings. The molecule has 3 rings (SSSR count). The summed E-state index contributed by atoms with van der Waals surface area (Å²) in [4.78, 5) is 12.0. The molecule has 5 heteroatoms. The molecule has 1 fully saturated rings. The van der Waals surface area contributed by atoms with Crippen molar-refractivity contribution in [3.63, 3.8) is 0 Å². The minimum Gasteiger partial charge on any atom is -0.454 e. The number of amides is 1. The quantitative estimate of drug-likeness (QED) is 0.851. The summed E-state index contributed by atoms with van der Waals surface area (Å²) in [6.07, 6.45) is 2.19. The molecule has 96 valence electrons. The molecule has 0 atom stereocenters. The van der Waals surface area contributed by atoms with Crippen LogP contribution in [-0.4, -0.2) is 25.1 Å². The van der Waals surface area contributed by atoms with Gasteiger partial charge in [-0.05, 0) is 31.0 Å². The van der Waals surface area contributed by atoms with Gasteiger partial charge in [0.2, 0.25) is 6.79 Å². The predicted molar refractivity (Wildman–Crippen MR) is 67.3 cm³/mol. The second kappa shape index (κ2) is 4.35. The Balaban J connectivity index is 1.65. The Bertz CT molecular complexity index is 485. The van der Waals surface area contributed by atoms with Crippen LogP contribution in [0.5, 0.6) is 11.5 Å². The maximum absolute atomic E-state index is 12.0. The molecule has 1 amide bonds. The SMILES string of the molecule is O=C(NCC1(CCl)CC1)c1ccc2c(c1)OCO2. The van der Waals surface area contributed by atoms with Crippen molar-refractivity contribution in [2.75, 3.05) is 19.2 Å². The number of carbonyl (C=O) groups excluding carboxylic acids is 1. The van der Waals surface area contributed by atoms with Crippen molar-refractivity contribution in [1.29, 1.82) is 0 Å². The van der Waals surface area contributed by atoms with Crippen molar-refractivity contribution < 1.29 is 14.3 Å². The van der Waals surface area contributed by atoms with Gasteiger partial charge < -0.3 is 14.8 Å². The molecular weight excluding hydrogens is 254 g/mol. The molecule has 18 heavy (non-hydrogen) atoms. The van der Waals surface area contributed by atoms with E-state index in [1.165, 1.54) is 0 Å². The monoisotopic (exact) mass is 267 g/mol. The Morgan fingerprint density at radius 3 is 2.83 bits per heavy atom. The van der Waals surface area contributed by atoms with Crippen molar-refractivity contribution in [3.8, 4) is 11.5 Å². The molecule has 0 saturated heterocycles. The van der Waals surface area contributed by atoms with Crippen LogP contribution in [0.15, 0.2) is 18.2 Å². The summed E-state index contributed by atoms with van der Waals surface area (Å²) in [6, 6.07) is 5.20. The van der Waals surface area contributed by atoms with E-state index >= 15 is 0 Å². The Morgan fingerprint density at radius 1 is 1.33 bits per heavy atom. The predicted octanol–water partition coefficient (Wildman–Crippen LogP) is 2.16. The van der Waals surface area contributed by atoms with E-state index in [4.69, 9.17) is 21.1 Å². The summed E-state index contributed by atoms with van der Waals surface area (Å²) in [5.74, 6) is 1.82. The van der Waals surface area contributed by atoms with Crippen molar-refractivity contribution >= 4 is 17.5 Å². The van der Waals surface area contributed by atoms with Crippen molar-refractivity contribution in [2.45, 2.75) is 12.8 Å². The third-order valence-corrected chi connectivity index (χ3v) is 4.07. The van der Waals surface area contributed by atoms with Gasteiger partial charge in [0.1, 0.15) is 0 Å². The molecule has 0 aromatic heterocycles. The maximum atomic E-state index is 12.0. The summed E-state index contributed by atoms with van der Waals surface area (Å²) in [7, 11) is 0. The zero-order valence-corrected chi connectivity index (χ0v) is 10.6. The Kier molecular flexibility index (Phi) is 2.82. The lowest BCUT2D eigenvalue weighted by molar-refractivity contribution is 0.0946. The number of nitrogens with one attached hydrogen (secondary N) is 1. The molecular formula is C13H14ClNO3. The van der Waals surface area contributed by atoms with Gasteiger partial charge in [-0.15, -0.1) is 11.6 Å². The number of benzene rings is 1. The van der Waals surface area contributed by atoms with Gasteiger partial charge >= 0.3 is 0 Å². The third kappa shape index (κ3) is 2.12. The third-order valence-electron chi connectivity index (χ3n) is 3.50. The fraction of sp³-hybridized carbons (Fsp3) is 0.462. The maximum Gasteiger partial charge on any atom is 0.251 e. The van der Waals surface area contributed by atoms with E-state index in [1.54, 1.807) is 18.2 Å². The number of carbonyl (C=O) groups is 1. The molecule has 1 aliphatic heterocycles. The van der Waals surface area contributed by atoms with E-state index in [2.05, 4.69) is 5.32 Å². The van der Waals surface area contributed by atoms with Crippen LogP contribution in [0, 0.1) is 5.41 Å². The van der Waals surface area contributed by atoms with Gasteiger partial charge in [-0.25, -0.2) is 0 Å². The molecule has 1 N–H and O–H groups in total. The van der Waals surface area contributed by atoms with E-state index in [0.717, 1.165) is 12.8 Å². The lowest BCUT2D eigenvalue weighted by Crippen LogP contribution is -2.30. The normalized spacial score (nSPS) is 18.5. The first-order valence-electron chi connectivity index (χ1n) is 5.96. The van der Waals surface area contributed by atoms with Crippen LogP contribution in [0.1, 0.15) is 23.2 Å². The molecule has 0 radical (unpaired) electrons. The van der Waals surface area contributed by atoms with Gasteiger partial charge in [-0.3, -0.25) is 4.79 Å². The first kappa shape index (κ1) is 11.7. The van der Waals surface area contributed by atoms with Gasteiger partial charge in [0.05, 0.1) is 0 Å². The van der Waals surface area contributed by atoms with Crippen LogP contribution < -0.4 is 14.8 Å². The van der Waals surface area contributed by atoms with E-state index in [0.29, 0.717) is 29.5 Å². The summed E-state index contributed by atoms with van der Waals surface area (Å²) in [5, 5.41) is 2.92. The fourth-order valence-electron chi connectivity index (χ4n) is 1.94. The zero-order chi connectivity index (χ0) is 12.6. The van der Waals surface area contributed by atoms with Crippen LogP contribution >= 0.6 is 11.6 Å². The molecule has 1 saturated carbocycles. The number of hydrogen-bond donors (Lipinski definition) is 1. The van der Waals surface area contributed by atoms with E-state index in [-0.39, 0.29) is 18.1 Å². The number of fused-ring (bicyclic) bond motifs is 1. The molecule has 4 nitrogen and oxygen atoms in total. The van der Waals surface area contributed by atoms with Crippen LogP contribution in [0.2, 0.25) is 0 Å². The van der Waals surface area contributed by atoms with Crippen LogP contribution in [0.25, 0.3) is 0 Å². The summed E-state index contributed by atoms with van der Waals surface area (Å²) < 4.78 is 10.4. The molecule has 0 spiro atoms. The Labute approximate surface area is 110 Å². The minimum absolute atomic E-state index is 0.0929. The molecule has 2 aliphatic rings. The fourth-order valence-corrected chi connectivity index (χ4v) is 2.30. The highest BCUT2D eigenvalue weighted by atomic mass is 35.5. The van der Waals surface area contributed by atoms with Crippen LogP contribution in [-0.2, 0) is 0 Å². The van der Waals surface area contributed by atoms with Gasteiger partial charge in [-0.1, -0.05) is 0 Å². The molecule has 0 bridgehead atoms. The van der Waals surface area contributed by atoms with Gasteiger partial charge in [0.25, 0.3) is 5.91 Å². The van der Waals surface area contributed by atoms with Crippen LogP contribution in [0.4, 0.5) is 0 Å². The number of hydrogen-bond acceptors (Lipinski definition) is 3. The first-order chi connectivity index (χ1) is 8.72. The Morgan fingerprint density at radius 2 is 2.11 bits per heavy atom. The van der Waals surface area contributed by atoms with Crippen LogP contribution in [0.3, 0.4) is 0 Å². The average Bonchev–Trinajstić information content (AvgIpc) is 3.04. The lowest BCUT2D eigenvalue weighted by Gasteiger charge is -2.12. The van der Waals surface area contributed by atoms with Gasteiger partial charge in [0.15, 0.2) is 11.5 Å². The summed E-state index contributed by atoms with van der Waals surface area (Å²) >= 11 is 5.87. The lowest BCUT2D eigenvalue weighted by atomic mass is 10.1. The number of alkyl halides is 1. The second-order valence-electron chi connectivity index (χ2n) is 4.88. The van der Waals surface area contributed by atoms with E-state index in [9.17, 15) is 4.79 Å². The number of ether oxygens (including phenoxy) is 2. The molecule has 1 aliphatic carbocycles. The van der Waals surface area contributed by atoms with Crippen molar-refractivity contribution in [2.24, 2.45) is 5.41 Å². The standard InChI is InChI=1S/C13H14ClNO3/c14-6-13(3-4-13)7-15-12(16)9-1-2-10-11(5-9)18-8-17-10/h1-2,5H,3-4,6-8H2,(H,15,16). The summed E-state index contributed by atoms with van der Waals surface area (Å²) in [6.45, 7) is 0.861. The smallest absolute Gasteiger partial charge is 0.251 e. The van der Waals surface area contributed by atoms with Crippen molar-refractivity contribution in [3.05, 3.63) is 23.8 Å². The number of halogens is 1. The highest BCUT2D eigenvalue weighted by molar-refractivity contribution is 6.18. The molecule has 1 heterocycles. The highest BCUT2D eigenvalue weighted by Gasteiger charge is 2.41.